The number of carbonyl (C=O) groups is 1. The van der Waals surface area contributed by atoms with E-state index in [2.05, 4.69) is 9.72 Å². The molecule has 0 aliphatic rings. The van der Waals surface area contributed by atoms with E-state index in [1.54, 1.807) is 13.1 Å². The molecular weight excluding hydrogens is 170 g/mol. The third-order valence-electron chi connectivity index (χ3n) is 1.71. The Bertz CT molecular complexity index is 323. The number of hydrogen-bond acceptors (Lipinski definition) is 4. The van der Waals surface area contributed by atoms with Gasteiger partial charge in [-0.3, -0.25) is 4.98 Å². The van der Waals surface area contributed by atoms with Crippen molar-refractivity contribution in [3.8, 4) is 5.75 Å². The average Bonchev–Trinajstić information content (AvgIpc) is 2.16. The number of nitrogens with zero attached hydrogens (tertiary/aromatic N) is 1. The number of pyridine rings is 1. The minimum absolute atomic E-state index is 0.406. The molecule has 0 aliphatic heterocycles. The second-order valence-corrected chi connectivity index (χ2v) is 2.53. The van der Waals surface area contributed by atoms with Gasteiger partial charge in [-0.25, -0.2) is 4.79 Å². The molecule has 13 heavy (non-hydrogen) atoms. The molecule has 0 saturated heterocycles. The number of aromatic nitrogens is 1. The lowest BCUT2D eigenvalue weighted by molar-refractivity contribution is 0.0596. The summed E-state index contributed by atoms with van der Waals surface area (Å²) < 4.78 is 9.60. The molecule has 0 spiro atoms. The quantitative estimate of drug-likeness (QED) is 0.643. The molecule has 0 fully saturated rings. The fourth-order valence-electron chi connectivity index (χ4n) is 1.06. The molecule has 0 atom stereocenters. The second kappa shape index (κ2) is 3.89. The summed E-state index contributed by atoms with van der Waals surface area (Å²) in [6.45, 7) is 1.78. The van der Waals surface area contributed by atoms with Crippen molar-refractivity contribution in [2.75, 3.05) is 14.2 Å². The fourth-order valence-corrected chi connectivity index (χ4v) is 1.06. The zero-order valence-corrected chi connectivity index (χ0v) is 7.83. The smallest absolute Gasteiger partial charge is 0.342 e. The zero-order valence-electron chi connectivity index (χ0n) is 7.83. The first-order chi connectivity index (χ1) is 6.20. The van der Waals surface area contributed by atoms with E-state index in [9.17, 15) is 4.79 Å². The Kier molecular flexibility index (Phi) is 2.84. The van der Waals surface area contributed by atoms with E-state index >= 15 is 0 Å². The third-order valence-corrected chi connectivity index (χ3v) is 1.71. The minimum Gasteiger partial charge on any atom is -0.494 e. The summed E-state index contributed by atoms with van der Waals surface area (Å²) in [5.74, 6) is 0.0311. The van der Waals surface area contributed by atoms with Crippen molar-refractivity contribution in [1.82, 2.24) is 4.98 Å². The van der Waals surface area contributed by atoms with Crippen LogP contribution in [0.4, 0.5) is 0 Å². The summed E-state index contributed by atoms with van der Waals surface area (Å²) in [6.07, 6.45) is 3.08. The van der Waals surface area contributed by atoms with Gasteiger partial charge in [-0.2, -0.15) is 0 Å². The first-order valence-electron chi connectivity index (χ1n) is 3.77. The average molecular weight is 181 g/mol. The summed E-state index contributed by atoms with van der Waals surface area (Å²) >= 11 is 0. The minimum atomic E-state index is -0.406. The first-order valence-corrected chi connectivity index (χ1v) is 3.77. The Labute approximate surface area is 76.5 Å². The summed E-state index contributed by atoms with van der Waals surface area (Å²) in [5, 5.41) is 0. The zero-order chi connectivity index (χ0) is 9.84. The van der Waals surface area contributed by atoms with Gasteiger partial charge in [0.2, 0.25) is 0 Å². The van der Waals surface area contributed by atoms with E-state index in [0.29, 0.717) is 11.3 Å². The largest absolute Gasteiger partial charge is 0.494 e. The molecule has 1 aromatic heterocycles. The van der Waals surface area contributed by atoms with E-state index in [-0.39, 0.29) is 0 Å². The lowest BCUT2D eigenvalue weighted by atomic mass is 10.1. The Balaban J connectivity index is 3.22. The van der Waals surface area contributed by atoms with E-state index < -0.39 is 5.97 Å². The van der Waals surface area contributed by atoms with Crippen LogP contribution in [0.3, 0.4) is 0 Å². The lowest BCUT2D eigenvalue weighted by Gasteiger charge is -2.07. The van der Waals surface area contributed by atoms with Crippen molar-refractivity contribution >= 4 is 5.97 Å². The number of methoxy groups -OCH3 is 2. The van der Waals surface area contributed by atoms with Crippen molar-refractivity contribution in [3.05, 3.63) is 23.5 Å². The third kappa shape index (κ3) is 1.77. The number of rotatable bonds is 2. The topological polar surface area (TPSA) is 48.4 Å². The predicted molar refractivity (Wildman–Crippen MR) is 46.9 cm³/mol. The standard InChI is InChI=1S/C9H11NO3/c1-6-4-10-5-7(12-2)8(6)9(11)13-3/h4-5H,1-3H3. The first kappa shape index (κ1) is 9.51. The van der Waals surface area contributed by atoms with Crippen molar-refractivity contribution in [3.63, 3.8) is 0 Å². The number of aryl methyl sites for hydroxylation is 1. The van der Waals surface area contributed by atoms with Crippen LogP contribution in [-0.4, -0.2) is 25.2 Å². The summed E-state index contributed by atoms with van der Waals surface area (Å²) in [7, 11) is 2.82. The van der Waals surface area contributed by atoms with Gasteiger partial charge in [-0.1, -0.05) is 0 Å². The molecule has 0 saturated carbocycles. The molecule has 0 amide bonds. The van der Waals surface area contributed by atoms with Crippen LogP contribution in [0.25, 0.3) is 0 Å². The van der Waals surface area contributed by atoms with Crippen LogP contribution in [0.1, 0.15) is 15.9 Å². The number of esters is 1. The highest BCUT2D eigenvalue weighted by Crippen LogP contribution is 2.20. The van der Waals surface area contributed by atoms with Crippen LogP contribution in [0, 0.1) is 6.92 Å². The van der Waals surface area contributed by atoms with Gasteiger partial charge >= 0.3 is 5.97 Å². The van der Waals surface area contributed by atoms with E-state index in [1.807, 2.05) is 0 Å². The molecule has 70 valence electrons. The molecular formula is C9H11NO3. The van der Waals surface area contributed by atoms with Gasteiger partial charge in [0.1, 0.15) is 5.56 Å². The van der Waals surface area contributed by atoms with E-state index in [4.69, 9.17) is 4.74 Å². The van der Waals surface area contributed by atoms with Crippen molar-refractivity contribution in [1.29, 1.82) is 0 Å². The Morgan fingerprint density at radius 1 is 1.38 bits per heavy atom. The fraction of sp³-hybridized carbons (Fsp3) is 0.333. The van der Waals surface area contributed by atoms with Crippen LogP contribution in [0.15, 0.2) is 12.4 Å². The SMILES string of the molecule is COC(=O)c1c(C)cncc1OC. The summed E-state index contributed by atoms with van der Waals surface area (Å²) in [4.78, 5) is 15.2. The molecule has 4 heteroatoms. The second-order valence-electron chi connectivity index (χ2n) is 2.53. The Hall–Kier alpha value is -1.58. The van der Waals surface area contributed by atoms with Gasteiger partial charge in [0.05, 0.1) is 20.4 Å². The monoisotopic (exact) mass is 181 g/mol. The van der Waals surface area contributed by atoms with E-state index in [0.717, 1.165) is 5.56 Å². The van der Waals surface area contributed by atoms with Crippen LogP contribution >= 0.6 is 0 Å². The maximum atomic E-state index is 11.3. The van der Waals surface area contributed by atoms with Gasteiger partial charge in [-0.05, 0) is 12.5 Å². The van der Waals surface area contributed by atoms with Crippen LogP contribution in [0.5, 0.6) is 5.75 Å². The lowest BCUT2D eigenvalue weighted by Crippen LogP contribution is -2.06. The van der Waals surface area contributed by atoms with Crippen molar-refractivity contribution in [2.24, 2.45) is 0 Å². The van der Waals surface area contributed by atoms with Gasteiger partial charge < -0.3 is 9.47 Å². The van der Waals surface area contributed by atoms with Gasteiger partial charge in [0.25, 0.3) is 0 Å². The summed E-state index contributed by atoms with van der Waals surface area (Å²) in [5.41, 5.74) is 1.17. The van der Waals surface area contributed by atoms with Crippen LogP contribution in [0.2, 0.25) is 0 Å². The Morgan fingerprint density at radius 2 is 2.08 bits per heavy atom. The molecule has 1 rings (SSSR count). The summed E-state index contributed by atoms with van der Waals surface area (Å²) in [6, 6.07) is 0. The molecule has 1 aromatic rings. The molecule has 0 unspecified atom stereocenters. The molecule has 0 N–H and O–H groups in total. The Morgan fingerprint density at radius 3 is 2.62 bits per heavy atom. The van der Waals surface area contributed by atoms with E-state index in [1.165, 1.54) is 20.4 Å². The highest BCUT2D eigenvalue weighted by atomic mass is 16.5. The van der Waals surface area contributed by atoms with Crippen molar-refractivity contribution < 1.29 is 14.3 Å². The normalized spacial score (nSPS) is 9.46. The number of hydrogen-bond donors (Lipinski definition) is 0. The number of carbonyl (C=O) groups excluding carboxylic acids is 1. The van der Waals surface area contributed by atoms with Crippen molar-refractivity contribution in [2.45, 2.75) is 6.92 Å². The van der Waals surface area contributed by atoms with Gasteiger partial charge in [0, 0.05) is 6.20 Å². The maximum Gasteiger partial charge on any atom is 0.342 e. The van der Waals surface area contributed by atoms with Crippen LogP contribution in [-0.2, 0) is 4.74 Å². The molecule has 0 radical (unpaired) electrons. The van der Waals surface area contributed by atoms with Gasteiger partial charge in [-0.15, -0.1) is 0 Å². The molecule has 0 aromatic carbocycles. The van der Waals surface area contributed by atoms with Gasteiger partial charge in [0.15, 0.2) is 5.75 Å². The number of ether oxygens (including phenoxy) is 2. The highest BCUT2D eigenvalue weighted by molar-refractivity contribution is 5.93. The molecule has 0 aliphatic carbocycles. The molecule has 0 bridgehead atoms. The molecule has 4 nitrogen and oxygen atoms in total. The highest BCUT2D eigenvalue weighted by Gasteiger charge is 2.15. The predicted octanol–water partition coefficient (Wildman–Crippen LogP) is 1.19. The van der Waals surface area contributed by atoms with Crippen LogP contribution < -0.4 is 4.74 Å². The molecule has 1 heterocycles. The maximum absolute atomic E-state index is 11.3.